The number of carbonyl (C=O) groups excluding carboxylic acids is 2. The molecule has 150 valence electrons. The maximum atomic E-state index is 12.7. The summed E-state index contributed by atoms with van der Waals surface area (Å²) < 4.78 is 0. The number of hydrogen-bond acceptors (Lipinski definition) is 3. The SMILES string of the molecule is CCC(CC)C(=O)N1CCc2[nH]nc(C(=O)NCCCc3ccccc3)c2C1. The molecule has 2 aromatic rings. The molecule has 0 atom stereocenters. The van der Waals surface area contributed by atoms with Gasteiger partial charge in [0.2, 0.25) is 5.91 Å². The zero-order valence-corrected chi connectivity index (χ0v) is 16.8. The second-order valence-corrected chi connectivity index (χ2v) is 7.40. The molecule has 28 heavy (non-hydrogen) atoms. The van der Waals surface area contributed by atoms with Crippen LogP contribution in [0.25, 0.3) is 0 Å². The summed E-state index contributed by atoms with van der Waals surface area (Å²) in [6, 6.07) is 10.2. The van der Waals surface area contributed by atoms with Gasteiger partial charge in [-0.1, -0.05) is 44.2 Å². The number of amides is 2. The molecule has 1 aliphatic rings. The average Bonchev–Trinajstić information content (AvgIpc) is 3.16. The van der Waals surface area contributed by atoms with Gasteiger partial charge >= 0.3 is 0 Å². The quantitative estimate of drug-likeness (QED) is 0.689. The van der Waals surface area contributed by atoms with Crippen LogP contribution in [0, 0.1) is 5.92 Å². The number of nitrogens with one attached hydrogen (secondary N) is 2. The van der Waals surface area contributed by atoms with Gasteiger partial charge in [0.1, 0.15) is 0 Å². The molecule has 6 nitrogen and oxygen atoms in total. The van der Waals surface area contributed by atoms with E-state index in [1.165, 1.54) is 5.56 Å². The molecular weight excluding hydrogens is 352 g/mol. The van der Waals surface area contributed by atoms with E-state index >= 15 is 0 Å². The molecule has 0 saturated heterocycles. The molecule has 0 unspecified atom stereocenters. The minimum Gasteiger partial charge on any atom is -0.351 e. The molecule has 2 heterocycles. The lowest BCUT2D eigenvalue weighted by Crippen LogP contribution is -2.40. The third kappa shape index (κ3) is 4.61. The van der Waals surface area contributed by atoms with E-state index in [0.29, 0.717) is 25.3 Å². The molecule has 0 fully saturated rings. The molecule has 2 N–H and O–H groups in total. The first-order valence-corrected chi connectivity index (χ1v) is 10.3. The number of aryl methyl sites for hydroxylation is 1. The molecule has 0 saturated carbocycles. The molecule has 0 spiro atoms. The van der Waals surface area contributed by atoms with Crippen molar-refractivity contribution in [3.63, 3.8) is 0 Å². The van der Waals surface area contributed by atoms with Gasteiger partial charge in [0.15, 0.2) is 5.69 Å². The molecule has 1 aromatic heterocycles. The first kappa shape index (κ1) is 20.1. The van der Waals surface area contributed by atoms with Gasteiger partial charge in [-0.15, -0.1) is 0 Å². The summed E-state index contributed by atoms with van der Waals surface area (Å²) in [5.74, 6) is 0.0807. The van der Waals surface area contributed by atoms with Crippen LogP contribution in [0.15, 0.2) is 30.3 Å². The zero-order valence-electron chi connectivity index (χ0n) is 16.8. The summed E-state index contributed by atoms with van der Waals surface area (Å²) in [6.07, 6.45) is 4.21. The number of hydrogen-bond donors (Lipinski definition) is 2. The number of rotatable bonds is 8. The maximum absolute atomic E-state index is 12.7. The van der Waals surface area contributed by atoms with Crippen LogP contribution in [0.1, 0.15) is 60.4 Å². The van der Waals surface area contributed by atoms with Crippen molar-refractivity contribution in [1.82, 2.24) is 20.4 Å². The van der Waals surface area contributed by atoms with Crippen LogP contribution in [-0.4, -0.2) is 40.0 Å². The van der Waals surface area contributed by atoms with Crippen LogP contribution in [0.5, 0.6) is 0 Å². The van der Waals surface area contributed by atoms with E-state index in [1.54, 1.807) is 0 Å². The minimum absolute atomic E-state index is 0.0590. The lowest BCUT2D eigenvalue weighted by Gasteiger charge is -2.30. The monoisotopic (exact) mass is 382 g/mol. The van der Waals surface area contributed by atoms with E-state index in [9.17, 15) is 9.59 Å². The van der Waals surface area contributed by atoms with Crippen molar-refractivity contribution in [1.29, 1.82) is 0 Å². The number of nitrogens with zero attached hydrogens (tertiary/aromatic N) is 2. The molecule has 1 aromatic carbocycles. The smallest absolute Gasteiger partial charge is 0.272 e. The summed E-state index contributed by atoms with van der Waals surface area (Å²) in [6.45, 7) is 5.85. The predicted octanol–water partition coefficient (Wildman–Crippen LogP) is 3.09. The topological polar surface area (TPSA) is 78.1 Å². The van der Waals surface area contributed by atoms with Gasteiger partial charge in [-0.05, 0) is 31.2 Å². The van der Waals surface area contributed by atoms with Gasteiger partial charge in [0.05, 0.1) is 0 Å². The van der Waals surface area contributed by atoms with Crippen molar-refractivity contribution < 1.29 is 9.59 Å². The molecule has 1 aliphatic heterocycles. The number of fused-ring (bicyclic) bond motifs is 1. The first-order chi connectivity index (χ1) is 13.6. The van der Waals surface area contributed by atoms with Crippen molar-refractivity contribution in [2.45, 2.75) is 52.5 Å². The van der Waals surface area contributed by atoms with Crippen molar-refractivity contribution in [2.24, 2.45) is 5.92 Å². The Morgan fingerprint density at radius 1 is 1.21 bits per heavy atom. The number of aromatic nitrogens is 2. The van der Waals surface area contributed by atoms with E-state index < -0.39 is 0 Å². The van der Waals surface area contributed by atoms with Crippen LogP contribution in [0.4, 0.5) is 0 Å². The summed E-state index contributed by atoms with van der Waals surface area (Å²) in [7, 11) is 0. The summed E-state index contributed by atoms with van der Waals surface area (Å²) in [4.78, 5) is 27.2. The van der Waals surface area contributed by atoms with Crippen LogP contribution in [-0.2, 0) is 24.2 Å². The van der Waals surface area contributed by atoms with E-state index in [-0.39, 0.29) is 17.7 Å². The minimum atomic E-state index is -0.164. The molecular formula is C22H30N4O2. The Hall–Kier alpha value is -2.63. The van der Waals surface area contributed by atoms with Gasteiger partial charge < -0.3 is 10.2 Å². The Kier molecular flexibility index (Phi) is 6.85. The average molecular weight is 383 g/mol. The third-order valence-electron chi connectivity index (χ3n) is 5.57. The highest BCUT2D eigenvalue weighted by Crippen LogP contribution is 2.23. The van der Waals surface area contributed by atoms with E-state index in [4.69, 9.17) is 0 Å². The Labute approximate surface area is 166 Å². The van der Waals surface area contributed by atoms with E-state index in [1.807, 2.05) is 36.9 Å². The molecule has 0 radical (unpaired) electrons. The largest absolute Gasteiger partial charge is 0.351 e. The van der Waals surface area contributed by atoms with Crippen LogP contribution >= 0.6 is 0 Å². The lowest BCUT2D eigenvalue weighted by molar-refractivity contribution is -0.136. The second kappa shape index (κ2) is 9.53. The predicted molar refractivity (Wildman–Crippen MR) is 109 cm³/mol. The number of benzene rings is 1. The van der Waals surface area contributed by atoms with Crippen molar-refractivity contribution >= 4 is 11.8 Å². The Morgan fingerprint density at radius 2 is 1.96 bits per heavy atom. The van der Waals surface area contributed by atoms with Gasteiger partial charge in [-0.2, -0.15) is 5.10 Å². The highest BCUT2D eigenvalue weighted by Gasteiger charge is 2.29. The fraction of sp³-hybridized carbons (Fsp3) is 0.500. The van der Waals surface area contributed by atoms with Crippen LogP contribution in [0.3, 0.4) is 0 Å². The molecule has 3 rings (SSSR count). The van der Waals surface area contributed by atoms with Crippen molar-refractivity contribution in [3.05, 3.63) is 52.8 Å². The fourth-order valence-corrected chi connectivity index (χ4v) is 3.79. The van der Waals surface area contributed by atoms with E-state index in [0.717, 1.165) is 43.4 Å². The normalized spacial score (nSPS) is 13.5. The summed E-state index contributed by atoms with van der Waals surface area (Å²) in [5, 5.41) is 10.2. The van der Waals surface area contributed by atoms with Gasteiger partial charge in [-0.3, -0.25) is 14.7 Å². The Bertz CT molecular complexity index is 796. The highest BCUT2D eigenvalue weighted by atomic mass is 16.2. The van der Waals surface area contributed by atoms with Crippen LogP contribution in [0.2, 0.25) is 0 Å². The van der Waals surface area contributed by atoms with E-state index in [2.05, 4.69) is 27.6 Å². The molecule has 0 bridgehead atoms. The number of aromatic amines is 1. The van der Waals surface area contributed by atoms with Crippen molar-refractivity contribution in [3.8, 4) is 0 Å². The summed E-state index contributed by atoms with van der Waals surface area (Å²) in [5.41, 5.74) is 3.54. The molecule has 6 heteroatoms. The third-order valence-corrected chi connectivity index (χ3v) is 5.57. The summed E-state index contributed by atoms with van der Waals surface area (Å²) >= 11 is 0. The van der Waals surface area contributed by atoms with Gasteiger partial charge in [0, 0.05) is 43.2 Å². The second-order valence-electron chi connectivity index (χ2n) is 7.40. The first-order valence-electron chi connectivity index (χ1n) is 10.3. The molecule has 0 aliphatic carbocycles. The standard InChI is InChI=1S/C22H30N4O2/c1-3-17(4-2)22(28)26-14-12-19-18(15-26)20(25-24-19)21(27)23-13-8-11-16-9-6-5-7-10-16/h5-7,9-10,17H,3-4,8,11-15H2,1-2H3,(H,23,27)(H,24,25). The maximum Gasteiger partial charge on any atom is 0.272 e. The highest BCUT2D eigenvalue weighted by molar-refractivity contribution is 5.94. The number of H-pyrrole nitrogens is 1. The number of carbonyl (C=O) groups is 2. The zero-order chi connectivity index (χ0) is 19.9. The Balaban J connectivity index is 1.57. The fourth-order valence-electron chi connectivity index (χ4n) is 3.79. The van der Waals surface area contributed by atoms with Gasteiger partial charge in [-0.25, -0.2) is 0 Å². The Morgan fingerprint density at radius 3 is 2.68 bits per heavy atom. The lowest BCUT2D eigenvalue weighted by atomic mass is 9.98. The van der Waals surface area contributed by atoms with Gasteiger partial charge in [0.25, 0.3) is 5.91 Å². The van der Waals surface area contributed by atoms with Crippen molar-refractivity contribution in [2.75, 3.05) is 13.1 Å². The van der Waals surface area contributed by atoms with Crippen LogP contribution < -0.4 is 5.32 Å². The molecule has 2 amide bonds.